The number of nitrogens with zero attached hydrogens (tertiary/aromatic N) is 4. The Morgan fingerprint density at radius 1 is 1.09 bits per heavy atom. The number of sulfone groups is 1. The lowest BCUT2D eigenvalue weighted by Crippen LogP contribution is -2.12. The number of alkyl halides is 3. The highest BCUT2D eigenvalue weighted by Gasteiger charge is 2.36. The van der Waals surface area contributed by atoms with Crippen molar-refractivity contribution >= 4 is 31.7 Å². The zero-order valence-corrected chi connectivity index (χ0v) is 20.3. The molecule has 0 N–H and O–H groups in total. The van der Waals surface area contributed by atoms with Crippen LogP contribution in [-0.2, 0) is 20.8 Å². The van der Waals surface area contributed by atoms with Gasteiger partial charge in [0.1, 0.15) is 5.69 Å². The Balaban J connectivity index is 1.92. The Morgan fingerprint density at radius 3 is 2.43 bits per heavy atom. The van der Waals surface area contributed by atoms with E-state index in [-0.39, 0.29) is 38.1 Å². The lowest BCUT2D eigenvalue weighted by atomic mass is 10.1. The molecule has 0 saturated heterocycles. The maximum absolute atomic E-state index is 13.7. The van der Waals surface area contributed by atoms with Crippen LogP contribution in [0.1, 0.15) is 16.1 Å². The highest BCUT2D eigenvalue weighted by atomic mass is 79.9. The van der Waals surface area contributed by atoms with E-state index < -0.39 is 33.2 Å². The first kappa shape index (κ1) is 24.6. The van der Waals surface area contributed by atoms with Crippen molar-refractivity contribution in [2.24, 2.45) is 0 Å². The minimum Gasteiger partial charge on any atom is -0.464 e. The molecular weight excluding hydrogens is 557 g/mol. The summed E-state index contributed by atoms with van der Waals surface area (Å²) in [5.41, 5.74) is -1.62. The summed E-state index contributed by atoms with van der Waals surface area (Å²) in [6.45, 7) is 0. The standard InChI is InChI=1S/C21H14BrF3N4O5S/c1-33-20(30)16-15(22)17(29(28-16)14-9-4-3-8-13(14)21(23,24)25)19-27-26-18(34-19)11-6-5-7-12(10-11)35(2,31)32/h3-10H,1-2H3. The monoisotopic (exact) mass is 570 g/mol. The normalized spacial score (nSPS) is 12.1. The van der Waals surface area contributed by atoms with E-state index in [9.17, 15) is 26.4 Å². The molecule has 0 aliphatic carbocycles. The predicted octanol–water partition coefficient (Wildman–Crippen LogP) is 4.56. The molecule has 0 aliphatic rings. The summed E-state index contributed by atoms with van der Waals surface area (Å²) >= 11 is 3.18. The molecule has 0 unspecified atom stereocenters. The molecule has 14 heteroatoms. The van der Waals surface area contributed by atoms with Crippen LogP contribution in [0.2, 0.25) is 0 Å². The minimum absolute atomic E-state index is 0.00746. The number of hydrogen-bond donors (Lipinski definition) is 0. The van der Waals surface area contributed by atoms with Gasteiger partial charge in [-0.15, -0.1) is 10.2 Å². The first-order valence-electron chi connectivity index (χ1n) is 9.59. The first-order valence-corrected chi connectivity index (χ1v) is 12.3. The van der Waals surface area contributed by atoms with E-state index in [1.165, 1.54) is 42.5 Å². The summed E-state index contributed by atoms with van der Waals surface area (Å²) in [6.07, 6.45) is -3.70. The Labute approximate surface area is 204 Å². The van der Waals surface area contributed by atoms with E-state index in [2.05, 4.69) is 36.0 Å². The molecule has 2 aromatic carbocycles. The lowest BCUT2D eigenvalue weighted by molar-refractivity contribution is -0.137. The highest BCUT2D eigenvalue weighted by Crippen LogP contribution is 2.39. The second-order valence-electron chi connectivity index (χ2n) is 7.14. The van der Waals surface area contributed by atoms with Crippen LogP contribution >= 0.6 is 15.9 Å². The van der Waals surface area contributed by atoms with Crippen LogP contribution in [0.4, 0.5) is 13.2 Å². The zero-order valence-electron chi connectivity index (χ0n) is 17.9. The quantitative estimate of drug-likeness (QED) is 0.320. The molecule has 0 aliphatic heterocycles. The number of esters is 1. The fourth-order valence-corrected chi connectivity index (χ4v) is 4.42. The van der Waals surface area contributed by atoms with Gasteiger partial charge in [0.25, 0.3) is 5.89 Å². The van der Waals surface area contributed by atoms with Gasteiger partial charge in [-0.05, 0) is 46.3 Å². The van der Waals surface area contributed by atoms with Gasteiger partial charge in [-0.25, -0.2) is 17.9 Å². The van der Waals surface area contributed by atoms with E-state index in [4.69, 9.17) is 4.42 Å². The number of carbonyl (C=O) groups excluding carboxylic acids is 1. The van der Waals surface area contributed by atoms with Crippen LogP contribution in [0.3, 0.4) is 0 Å². The maximum Gasteiger partial charge on any atom is 0.418 e. The molecule has 0 amide bonds. The maximum atomic E-state index is 13.7. The summed E-state index contributed by atoms with van der Waals surface area (Å²) < 4.78 is 76.1. The number of benzene rings is 2. The molecule has 2 heterocycles. The Bertz CT molecular complexity index is 1550. The van der Waals surface area contributed by atoms with Gasteiger partial charge in [-0.2, -0.15) is 18.3 Å². The third kappa shape index (κ3) is 4.71. The summed E-state index contributed by atoms with van der Waals surface area (Å²) in [6, 6.07) is 10.3. The number of methoxy groups -OCH3 is 1. The van der Waals surface area contributed by atoms with Gasteiger partial charge < -0.3 is 9.15 Å². The number of ether oxygens (including phenoxy) is 1. The molecule has 0 saturated carbocycles. The van der Waals surface area contributed by atoms with Crippen molar-refractivity contribution in [3.63, 3.8) is 0 Å². The van der Waals surface area contributed by atoms with Gasteiger partial charge >= 0.3 is 12.1 Å². The van der Waals surface area contributed by atoms with E-state index in [1.54, 1.807) is 0 Å². The molecular formula is C21H14BrF3N4O5S. The Hall–Kier alpha value is -3.52. The van der Waals surface area contributed by atoms with Crippen LogP contribution in [0.25, 0.3) is 28.7 Å². The molecule has 0 fully saturated rings. The SMILES string of the molecule is COC(=O)c1nn(-c2ccccc2C(F)(F)F)c(-c2nnc(-c3cccc(S(C)(=O)=O)c3)o2)c1Br. The van der Waals surface area contributed by atoms with Crippen molar-refractivity contribution in [1.29, 1.82) is 0 Å². The van der Waals surface area contributed by atoms with Crippen molar-refractivity contribution in [1.82, 2.24) is 20.0 Å². The first-order chi connectivity index (χ1) is 16.4. The van der Waals surface area contributed by atoms with Crippen LogP contribution in [0.5, 0.6) is 0 Å². The molecule has 0 bridgehead atoms. The molecule has 4 rings (SSSR count). The van der Waals surface area contributed by atoms with Gasteiger partial charge in [-0.1, -0.05) is 18.2 Å². The highest BCUT2D eigenvalue weighted by molar-refractivity contribution is 9.10. The van der Waals surface area contributed by atoms with Gasteiger partial charge in [-0.3, -0.25) is 0 Å². The number of hydrogen-bond acceptors (Lipinski definition) is 8. The fraction of sp³-hybridized carbons (Fsp3) is 0.143. The lowest BCUT2D eigenvalue weighted by Gasteiger charge is -2.13. The van der Waals surface area contributed by atoms with Crippen LogP contribution in [0.15, 0.2) is 62.3 Å². The minimum atomic E-state index is -4.73. The fourth-order valence-electron chi connectivity index (χ4n) is 3.18. The second kappa shape index (κ2) is 8.92. The van der Waals surface area contributed by atoms with E-state index in [0.717, 1.165) is 24.1 Å². The number of halogens is 4. The topological polar surface area (TPSA) is 117 Å². The van der Waals surface area contributed by atoms with Crippen molar-refractivity contribution in [2.45, 2.75) is 11.1 Å². The van der Waals surface area contributed by atoms with E-state index >= 15 is 0 Å². The van der Waals surface area contributed by atoms with E-state index in [0.29, 0.717) is 0 Å². The number of aromatic nitrogens is 4. The third-order valence-electron chi connectivity index (χ3n) is 4.78. The zero-order chi connectivity index (χ0) is 25.5. The van der Waals surface area contributed by atoms with Gasteiger partial charge in [0.05, 0.1) is 27.7 Å². The molecule has 0 spiro atoms. The summed E-state index contributed by atoms with van der Waals surface area (Å²) in [5.74, 6) is -1.30. The molecule has 0 radical (unpaired) electrons. The van der Waals surface area contributed by atoms with Crippen LogP contribution in [-0.4, -0.2) is 47.7 Å². The largest absolute Gasteiger partial charge is 0.464 e. The molecule has 0 atom stereocenters. The molecule has 2 aromatic heterocycles. The van der Waals surface area contributed by atoms with Crippen LogP contribution < -0.4 is 0 Å². The number of carbonyl (C=O) groups is 1. The average molecular weight is 571 g/mol. The Kier molecular flexibility index (Phi) is 6.27. The molecule has 35 heavy (non-hydrogen) atoms. The summed E-state index contributed by atoms with van der Waals surface area (Å²) in [5, 5.41) is 11.8. The van der Waals surface area contributed by atoms with Crippen molar-refractivity contribution in [2.75, 3.05) is 13.4 Å². The van der Waals surface area contributed by atoms with Crippen molar-refractivity contribution < 1.29 is 35.5 Å². The van der Waals surface area contributed by atoms with Crippen molar-refractivity contribution in [3.8, 4) is 28.7 Å². The summed E-state index contributed by atoms with van der Waals surface area (Å²) in [4.78, 5) is 12.2. The third-order valence-corrected chi connectivity index (χ3v) is 6.64. The smallest absolute Gasteiger partial charge is 0.418 e. The predicted molar refractivity (Wildman–Crippen MR) is 119 cm³/mol. The van der Waals surface area contributed by atoms with Gasteiger partial charge in [0, 0.05) is 11.8 Å². The molecule has 9 nitrogen and oxygen atoms in total. The number of rotatable bonds is 5. The Morgan fingerprint density at radius 2 is 1.77 bits per heavy atom. The average Bonchev–Trinajstić information content (AvgIpc) is 3.42. The van der Waals surface area contributed by atoms with Gasteiger partial charge in [0.2, 0.25) is 5.89 Å². The van der Waals surface area contributed by atoms with Crippen molar-refractivity contribution in [3.05, 3.63) is 64.3 Å². The second-order valence-corrected chi connectivity index (χ2v) is 9.95. The number of para-hydroxylation sites is 1. The van der Waals surface area contributed by atoms with Crippen LogP contribution in [0, 0.1) is 0 Å². The molecule has 182 valence electrons. The van der Waals surface area contributed by atoms with E-state index in [1.807, 2.05) is 0 Å². The summed E-state index contributed by atoms with van der Waals surface area (Å²) in [7, 11) is -2.43. The van der Waals surface area contributed by atoms with Gasteiger partial charge in [0.15, 0.2) is 15.5 Å². The molecule has 4 aromatic rings.